The molecule has 106 valence electrons. The predicted molar refractivity (Wildman–Crippen MR) is 65.1 cm³/mol. The number of carbonyl (C=O) groups excluding carboxylic acids is 1. The molecule has 7 heteroatoms. The third-order valence-electron chi connectivity index (χ3n) is 2.35. The van der Waals surface area contributed by atoms with Gasteiger partial charge < -0.3 is 20.5 Å². The molecule has 3 N–H and O–H groups in total. The van der Waals surface area contributed by atoms with E-state index >= 15 is 0 Å². The molecule has 1 aromatic carbocycles. The molecule has 2 amide bonds. The molecule has 5 nitrogen and oxygen atoms in total. The van der Waals surface area contributed by atoms with Gasteiger partial charge in [-0.2, -0.15) is 8.78 Å². The van der Waals surface area contributed by atoms with Crippen molar-refractivity contribution in [3.63, 3.8) is 0 Å². The molecule has 1 unspecified atom stereocenters. The summed E-state index contributed by atoms with van der Waals surface area (Å²) in [5, 5.41) is 13.6. The Morgan fingerprint density at radius 2 is 2.00 bits per heavy atom. The number of urea groups is 1. The van der Waals surface area contributed by atoms with Gasteiger partial charge in [-0.25, -0.2) is 4.79 Å². The largest absolute Gasteiger partial charge is 0.435 e. The van der Waals surface area contributed by atoms with Crippen LogP contribution in [0.25, 0.3) is 0 Å². The van der Waals surface area contributed by atoms with E-state index in [-0.39, 0.29) is 24.9 Å². The number of aliphatic hydroxyl groups excluding tert-OH is 1. The SMILES string of the molecule is CC(NC(=O)NCCO)c1ccc(OC(F)F)cc1. The molecule has 0 aliphatic heterocycles. The summed E-state index contributed by atoms with van der Waals surface area (Å²) >= 11 is 0. The standard InChI is InChI=1S/C12H16F2N2O3/c1-8(16-12(18)15-6-7-17)9-2-4-10(5-3-9)19-11(13)14/h2-5,8,11,17H,6-7H2,1H3,(H2,15,16,18). The number of nitrogens with one attached hydrogen (secondary N) is 2. The molecule has 0 aromatic heterocycles. The van der Waals surface area contributed by atoms with Crippen LogP contribution in [0.3, 0.4) is 0 Å². The molecule has 0 spiro atoms. The first kappa shape index (κ1) is 15.2. The molecule has 0 radical (unpaired) electrons. The van der Waals surface area contributed by atoms with E-state index in [0.29, 0.717) is 0 Å². The summed E-state index contributed by atoms with van der Waals surface area (Å²) in [6.07, 6.45) is 0. The third kappa shape index (κ3) is 5.52. The van der Waals surface area contributed by atoms with Gasteiger partial charge in [0.1, 0.15) is 5.75 Å². The zero-order valence-electron chi connectivity index (χ0n) is 10.4. The first-order chi connectivity index (χ1) is 9.02. The van der Waals surface area contributed by atoms with Crippen molar-refractivity contribution in [1.29, 1.82) is 0 Å². The maximum Gasteiger partial charge on any atom is 0.387 e. The van der Waals surface area contributed by atoms with Crippen LogP contribution in [0.4, 0.5) is 13.6 Å². The van der Waals surface area contributed by atoms with E-state index in [4.69, 9.17) is 5.11 Å². The molecule has 0 heterocycles. The number of amides is 2. The summed E-state index contributed by atoms with van der Waals surface area (Å²) in [6, 6.07) is 5.30. The molecular formula is C12H16F2N2O3. The smallest absolute Gasteiger partial charge is 0.387 e. The molecule has 0 saturated heterocycles. The Kier molecular flexibility index (Phi) is 6.01. The Bertz CT molecular complexity index is 398. The second-order valence-corrected chi connectivity index (χ2v) is 3.79. The number of alkyl halides is 2. The number of hydrogen-bond acceptors (Lipinski definition) is 3. The Morgan fingerprint density at radius 1 is 1.37 bits per heavy atom. The number of aliphatic hydroxyl groups is 1. The Labute approximate surface area is 109 Å². The second-order valence-electron chi connectivity index (χ2n) is 3.79. The van der Waals surface area contributed by atoms with Gasteiger partial charge >= 0.3 is 12.6 Å². The van der Waals surface area contributed by atoms with Crippen LogP contribution in [0.1, 0.15) is 18.5 Å². The topological polar surface area (TPSA) is 70.6 Å². The predicted octanol–water partition coefficient (Wildman–Crippen LogP) is 1.64. The molecular weight excluding hydrogens is 258 g/mol. The fourth-order valence-electron chi connectivity index (χ4n) is 1.44. The van der Waals surface area contributed by atoms with Crippen LogP contribution in [0, 0.1) is 0 Å². The van der Waals surface area contributed by atoms with Gasteiger partial charge in [-0.1, -0.05) is 12.1 Å². The van der Waals surface area contributed by atoms with Gasteiger partial charge in [-0.15, -0.1) is 0 Å². The second kappa shape index (κ2) is 7.52. The van der Waals surface area contributed by atoms with Crippen LogP contribution in [0.5, 0.6) is 5.75 Å². The Balaban J connectivity index is 2.52. The molecule has 0 saturated carbocycles. The third-order valence-corrected chi connectivity index (χ3v) is 2.35. The van der Waals surface area contributed by atoms with Gasteiger partial charge in [-0.05, 0) is 24.6 Å². The van der Waals surface area contributed by atoms with Crippen LogP contribution in [0.15, 0.2) is 24.3 Å². The van der Waals surface area contributed by atoms with E-state index < -0.39 is 12.6 Å². The zero-order valence-corrected chi connectivity index (χ0v) is 10.4. The van der Waals surface area contributed by atoms with E-state index in [0.717, 1.165) is 5.56 Å². The fourth-order valence-corrected chi connectivity index (χ4v) is 1.44. The van der Waals surface area contributed by atoms with Crippen molar-refractivity contribution in [3.05, 3.63) is 29.8 Å². The summed E-state index contributed by atoms with van der Waals surface area (Å²) in [4.78, 5) is 11.3. The van der Waals surface area contributed by atoms with Gasteiger partial charge in [0.15, 0.2) is 0 Å². The van der Waals surface area contributed by atoms with Crippen LogP contribution in [-0.2, 0) is 0 Å². The quantitative estimate of drug-likeness (QED) is 0.738. The fraction of sp³-hybridized carbons (Fsp3) is 0.417. The minimum absolute atomic E-state index is 0.0654. The number of halogens is 2. The maximum absolute atomic E-state index is 12.0. The van der Waals surface area contributed by atoms with Crippen molar-refractivity contribution in [2.45, 2.75) is 19.6 Å². The van der Waals surface area contributed by atoms with Crippen molar-refractivity contribution in [2.24, 2.45) is 0 Å². The van der Waals surface area contributed by atoms with Gasteiger partial charge in [0.2, 0.25) is 0 Å². The van der Waals surface area contributed by atoms with Gasteiger partial charge in [0, 0.05) is 6.54 Å². The van der Waals surface area contributed by atoms with E-state index in [2.05, 4.69) is 15.4 Å². The monoisotopic (exact) mass is 274 g/mol. The molecule has 0 aliphatic carbocycles. The van der Waals surface area contributed by atoms with E-state index in [1.807, 2.05) is 0 Å². The lowest BCUT2D eigenvalue weighted by molar-refractivity contribution is -0.0498. The number of hydrogen-bond donors (Lipinski definition) is 3. The van der Waals surface area contributed by atoms with Crippen LogP contribution in [0.2, 0.25) is 0 Å². The van der Waals surface area contributed by atoms with Crippen LogP contribution < -0.4 is 15.4 Å². The van der Waals surface area contributed by atoms with Crippen molar-refractivity contribution in [3.8, 4) is 5.75 Å². The normalized spacial score (nSPS) is 12.1. The van der Waals surface area contributed by atoms with E-state index in [1.165, 1.54) is 12.1 Å². The van der Waals surface area contributed by atoms with Gasteiger partial charge in [0.05, 0.1) is 12.6 Å². The molecule has 1 atom stereocenters. The number of rotatable bonds is 6. The van der Waals surface area contributed by atoms with Crippen molar-refractivity contribution >= 4 is 6.03 Å². The van der Waals surface area contributed by atoms with Gasteiger partial charge in [0.25, 0.3) is 0 Å². The highest BCUT2D eigenvalue weighted by Gasteiger charge is 2.10. The van der Waals surface area contributed by atoms with Crippen LogP contribution >= 0.6 is 0 Å². The van der Waals surface area contributed by atoms with Crippen molar-refractivity contribution < 1.29 is 23.4 Å². The number of benzene rings is 1. The van der Waals surface area contributed by atoms with Crippen molar-refractivity contribution in [2.75, 3.05) is 13.2 Å². The summed E-state index contributed by atoms with van der Waals surface area (Å²) in [5.74, 6) is 0.0654. The van der Waals surface area contributed by atoms with Crippen molar-refractivity contribution in [1.82, 2.24) is 10.6 Å². The summed E-state index contributed by atoms with van der Waals surface area (Å²) < 4.78 is 28.1. The minimum Gasteiger partial charge on any atom is -0.435 e. The molecule has 1 rings (SSSR count). The highest BCUT2D eigenvalue weighted by Crippen LogP contribution is 2.18. The highest BCUT2D eigenvalue weighted by molar-refractivity contribution is 5.74. The van der Waals surface area contributed by atoms with E-state index in [1.54, 1.807) is 19.1 Å². The van der Waals surface area contributed by atoms with Gasteiger partial charge in [-0.3, -0.25) is 0 Å². The summed E-state index contributed by atoms with van der Waals surface area (Å²) in [5.41, 5.74) is 0.751. The number of carbonyl (C=O) groups is 1. The zero-order chi connectivity index (χ0) is 14.3. The molecule has 0 aliphatic rings. The average molecular weight is 274 g/mol. The first-order valence-corrected chi connectivity index (χ1v) is 5.73. The lowest BCUT2D eigenvalue weighted by Crippen LogP contribution is -2.38. The molecule has 0 fully saturated rings. The summed E-state index contributed by atoms with van der Waals surface area (Å²) in [7, 11) is 0. The van der Waals surface area contributed by atoms with Crippen LogP contribution in [-0.4, -0.2) is 30.9 Å². The highest BCUT2D eigenvalue weighted by atomic mass is 19.3. The number of ether oxygens (including phenoxy) is 1. The van der Waals surface area contributed by atoms with E-state index in [9.17, 15) is 13.6 Å². The first-order valence-electron chi connectivity index (χ1n) is 5.73. The molecule has 0 bridgehead atoms. The molecule has 1 aromatic rings. The Morgan fingerprint density at radius 3 is 2.53 bits per heavy atom. The lowest BCUT2D eigenvalue weighted by Gasteiger charge is -2.15. The Hall–Kier alpha value is -1.89. The minimum atomic E-state index is -2.86. The molecule has 19 heavy (non-hydrogen) atoms. The average Bonchev–Trinajstić information content (AvgIpc) is 2.36. The maximum atomic E-state index is 12.0. The lowest BCUT2D eigenvalue weighted by atomic mass is 10.1. The summed E-state index contributed by atoms with van der Waals surface area (Å²) in [6.45, 7) is -1.08.